The maximum Gasteiger partial charge on any atom is 0.407 e. The number of rotatable bonds is 5. The third kappa shape index (κ3) is 6.50. The zero-order valence-electron chi connectivity index (χ0n) is 20.3. The van der Waals surface area contributed by atoms with Crippen molar-refractivity contribution in [1.29, 1.82) is 0 Å². The van der Waals surface area contributed by atoms with E-state index < -0.39 is 21.7 Å². The summed E-state index contributed by atoms with van der Waals surface area (Å²) in [5.41, 5.74) is 1.78. The number of alkyl carbamates (subject to hydrolysis) is 1. The molecule has 1 heterocycles. The minimum atomic E-state index is -3.86. The van der Waals surface area contributed by atoms with E-state index in [2.05, 4.69) is 10.0 Å². The number of aryl methyl sites for hydroxylation is 2. The lowest BCUT2D eigenvalue weighted by Crippen LogP contribution is -2.47. The number of likely N-dealkylation sites (tertiary alicyclic amines) is 1. The van der Waals surface area contributed by atoms with Gasteiger partial charge in [0, 0.05) is 24.7 Å². The lowest BCUT2D eigenvalue weighted by Gasteiger charge is -2.33. The fourth-order valence-corrected chi connectivity index (χ4v) is 4.92. The number of carbonyl (C=O) groups excluding carboxylic acids is 2. The Morgan fingerprint density at radius 2 is 1.65 bits per heavy atom. The smallest absolute Gasteiger partial charge is 0.407 e. The van der Waals surface area contributed by atoms with Gasteiger partial charge in [0.25, 0.3) is 15.9 Å². The van der Waals surface area contributed by atoms with E-state index in [9.17, 15) is 18.0 Å². The molecule has 0 aromatic heterocycles. The number of hydrogen-bond acceptors (Lipinski definition) is 5. The van der Waals surface area contributed by atoms with Gasteiger partial charge in [0.05, 0.1) is 10.6 Å². The third-order valence-corrected chi connectivity index (χ3v) is 7.01. The third-order valence-electron chi connectivity index (χ3n) is 5.64. The fourth-order valence-electron chi connectivity index (χ4n) is 3.76. The summed E-state index contributed by atoms with van der Waals surface area (Å²) >= 11 is 0. The number of sulfonamides is 1. The lowest BCUT2D eigenvalue weighted by molar-refractivity contribution is 0.0473. The number of anilines is 1. The molecule has 184 valence electrons. The first-order chi connectivity index (χ1) is 15.9. The van der Waals surface area contributed by atoms with Crippen molar-refractivity contribution in [2.45, 2.75) is 64.0 Å². The first-order valence-corrected chi connectivity index (χ1v) is 12.8. The van der Waals surface area contributed by atoms with Gasteiger partial charge in [0.2, 0.25) is 0 Å². The summed E-state index contributed by atoms with van der Waals surface area (Å²) in [5.74, 6) is -0.221. The molecule has 0 radical (unpaired) electrons. The van der Waals surface area contributed by atoms with E-state index in [1.165, 1.54) is 12.1 Å². The summed E-state index contributed by atoms with van der Waals surface area (Å²) in [6, 6.07) is 11.6. The first-order valence-electron chi connectivity index (χ1n) is 11.3. The average molecular weight is 488 g/mol. The molecule has 1 fully saturated rings. The minimum absolute atomic E-state index is 0.0335. The van der Waals surface area contributed by atoms with Gasteiger partial charge in [0.15, 0.2) is 0 Å². The second kappa shape index (κ2) is 10.0. The van der Waals surface area contributed by atoms with Gasteiger partial charge in [0.1, 0.15) is 5.60 Å². The highest BCUT2D eigenvalue weighted by atomic mass is 32.2. The van der Waals surface area contributed by atoms with Crippen LogP contribution in [0.2, 0.25) is 0 Å². The van der Waals surface area contributed by atoms with E-state index in [0.717, 1.165) is 5.56 Å². The molecule has 1 aliphatic rings. The van der Waals surface area contributed by atoms with E-state index in [1.54, 1.807) is 50.8 Å². The standard InChI is InChI=1S/C25H33N3O5S/c1-17-10-11-20(34(31,32)27-22-9-7-6-8-18(22)2)16-21(17)23(29)28-14-12-19(13-15-28)26-24(30)33-25(3,4)5/h6-11,16,19,27H,12-15H2,1-5H3,(H,26,30). The van der Waals surface area contributed by atoms with E-state index in [-0.39, 0.29) is 16.8 Å². The van der Waals surface area contributed by atoms with Gasteiger partial charge in [-0.1, -0.05) is 24.3 Å². The highest BCUT2D eigenvalue weighted by molar-refractivity contribution is 7.92. The minimum Gasteiger partial charge on any atom is -0.444 e. The Labute approximate surface area is 201 Å². The number of nitrogens with zero attached hydrogens (tertiary/aromatic N) is 1. The number of amides is 2. The molecular weight excluding hydrogens is 454 g/mol. The molecule has 2 aromatic carbocycles. The average Bonchev–Trinajstić information content (AvgIpc) is 2.74. The van der Waals surface area contributed by atoms with Crippen LogP contribution in [0.4, 0.5) is 10.5 Å². The van der Waals surface area contributed by atoms with Crippen molar-refractivity contribution >= 4 is 27.7 Å². The number of para-hydroxylation sites is 1. The Kier molecular flexibility index (Phi) is 7.55. The topological polar surface area (TPSA) is 105 Å². The molecule has 1 saturated heterocycles. The van der Waals surface area contributed by atoms with Crippen LogP contribution in [0.1, 0.15) is 55.1 Å². The SMILES string of the molecule is Cc1ccccc1NS(=O)(=O)c1ccc(C)c(C(=O)N2CCC(NC(=O)OC(C)(C)C)CC2)c1. The predicted octanol–water partition coefficient (Wildman–Crippen LogP) is 4.23. The Morgan fingerprint density at radius 3 is 2.26 bits per heavy atom. The van der Waals surface area contributed by atoms with Gasteiger partial charge in [-0.3, -0.25) is 9.52 Å². The number of nitrogens with one attached hydrogen (secondary N) is 2. The summed E-state index contributed by atoms with van der Waals surface area (Å²) in [6.45, 7) is 9.94. The highest BCUT2D eigenvalue weighted by Gasteiger charge is 2.28. The molecule has 3 rings (SSSR count). The van der Waals surface area contributed by atoms with Crippen molar-refractivity contribution in [2.75, 3.05) is 17.8 Å². The van der Waals surface area contributed by atoms with Crippen LogP contribution in [0.15, 0.2) is 47.4 Å². The molecule has 9 heteroatoms. The van der Waals surface area contributed by atoms with Crippen molar-refractivity contribution in [2.24, 2.45) is 0 Å². The lowest BCUT2D eigenvalue weighted by atomic mass is 10.0. The largest absolute Gasteiger partial charge is 0.444 e. The second-order valence-corrected chi connectivity index (χ2v) is 11.3. The molecule has 8 nitrogen and oxygen atoms in total. The van der Waals surface area contributed by atoms with E-state index in [1.807, 2.05) is 19.1 Å². The number of ether oxygens (including phenoxy) is 1. The van der Waals surface area contributed by atoms with E-state index >= 15 is 0 Å². The molecule has 0 bridgehead atoms. The normalized spacial score (nSPS) is 15.0. The zero-order valence-corrected chi connectivity index (χ0v) is 21.2. The van der Waals surface area contributed by atoms with Crippen LogP contribution in [0.5, 0.6) is 0 Å². The Balaban J connectivity index is 1.69. The first kappa shape index (κ1) is 25.6. The summed E-state index contributed by atoms with van der Waals surface area (Å²) in [5, 5.41) is 2.86. The van der Waals surface area contributed by atoms with Gasteiger partial charge < -0.3 is 15.0 Å². The molecule has 0 atom stereocenters. The highest BCUT2D eigenvalue weighted by Crippen LogP contribution is 2.23. The predicted molar refractivity (Wildman–Crippen MR) is 131 cm³/mol. The number of benzene rings is 2. The van der Waals surface area contributed by atoms with Crippen LogP contribution in [-0.2, 0) is 14.8 Å². The van der Waals surface area contributed by atoms with Crippen LogP contribution in [-0.4, -0.2) is 50.1 Å². The summed E-state index contributed by atoms with van der Waals surface area (Å²) in [4.78, 5) is 27.0. The molecule has 2 N–H and O–H groups in total. The molecule has 0 spiro atoms. The van der Waals surface area contributed by atoms with Crippen LogP contribution >= 0.6 is 0 Å². The van der Waals surface area contributed by atoms with Crippen molar-refractivity contribution in [3.63, 3.8) is 0 Å². The Morgan fingerprint density at radius 1 is 1.00 bits per heavy atom. The molecule has 0 unspecified atom stereocenters. The van der Waals surface area contributed by atoms with E-state index in [0.29, 0.717) is 42.7 Å². The van der Waals surface area contributed by atoms with Crippen molar-refractivity contribution in [1.82, 2.24) is 10.2 Å². The van der Waals surface area contributed by atoms with Crippen molar-refractivity contribution < 1.29 is 22.7 Å². The van der Waals surface area contributed by atoms with Crippen LogP contribution in [0.3, 0.4) is 0 Å². The fraction of sp³-hybridized carbons (Fsp3) is 0.440. The van der Waals surface area contributed by atoms with Gasteiger partial charge in [-0.2, -0.15) is 0 Å². The molecule has 2 aromatic rings. The van der Waals surface area contributed by atoms with Gasteiger partial charge in [-0.25, -0.2) is 13.2 Å². The molecule has 34 heavy (non-hydrogen) atoms. The second-order valence-electron chi connectivity index (χ2n) is 9.61. The van der Waals surface area contributed by atoms with Crippen molar-refractivity contribution in [3.05, 3.63) is 59.2 Å². The maximum atomic E-state index is 13.2. The van der Waals surface area contributed by atoms with Gasteiger partial charge >= 0.3 is 6.09 Å². The number of hydrogen-bond donors (Lipinski definition) is 2. The van der Waals surface area contributed by atoms with Crippen molar-refractivity contribution in [3.8, 4) is 0 Å². The summed E-state index contributed by atoms with van der Waals surface area (Å²) in [6.07, 6.45) is 0.723. The van der Waals surface area contributed by atoms with Gasteiger partial charge in [-0.05, 0) is 76.8 Å². The molecule has 0 aliphatic carbocycles. The van der Waals surface area contributed by atoms with Crippen LogP contribution < -0.4 is 10.0 Å². The molecular formula is C25H33N3O5S. The molecule has 0 saturated carbocycles. The summed E-state index contributed by atoms with van der Waals surface area (Å²) < 4.78 is 33.9. The summed E-state index contributed by atoms with van der Waals surface area (Å²) in [7, 11) is -3.86. The number of piperidine rings is 1. The monoisotopic (exact) mass is 487 g/mol. The van der Waals surface area contributed by atoms with E-state index in [4.69, 9.17) is 4.74 Å². The Hall–Kier alpha value is -3.07. The van der Waals surface area contributed by atoms with Gasteiger partial charge in [-0.15, -0.1) is 0 Å². The molecule has 2 amide bonds. The molecule has 1 aliphatic heterocycles. The maximum absolute atomic E-state index is 13.2. The Bertz CT molecular complexity index is 1160. The number of carbonyl (C=O) groups is 2. The van der Waals surface area contributed by atoms with Crippen LogP contribution in [0, 0.1) is 13.8 Å². The quantitative estimate of drug-likeness (QED) is 0.657. The zero-order chi connectivity index (χ0) is 25.1. The van der Waals surface area contributed by atoms with Crippen LogP contribution in [0.25, 0.3) is 0 Å².